The van der Waals surface area contributed by atoms with E-state index >= 15 is 0 Å². The maximum absolute atomic E-state index is 12.8. The Morgan fingerprint density at radius 3 is 2.56 bits per heavy atom. The molecule has 1 aromatic rings. The Morgan fingerprint density at radius 1 is 1.16 bits per heavy atom. The predicted molar refractivity (Wildman–Crippen MR) is 99.5 cm³/mol. The summed E-state index contributed by atoms with van der Waals surface area (Å²) in [5.74, 6) is 0. The molecule has 0 saturated carbocycles. The first-order valence-corrected chi connectivity index (χ1v) is 9.44. The first-order chi connectivity index (χ1) is 12.1. The molecule has 0 aliphatic carbocycles. The Morgan fingerprint density at radius 2 is 1.88 bits per heavy atom. The smallest absolute Gasteiger partial charge is 0.410 e. The van der Waals surface area contributed by atoms with Crippen LogP contribution in [0.25, 0.3) is 0 Å². The van der Waals surface area contributed by atoms with Gasteiger partial charge in [-0.25, -0.2) is 4.79 Å². The Balaban J connectivity index is 1.66. The molecule has 1 aromatic carbocycles. The van der Waals surface area contributed by atoms with Gasteiger partial charge in [0.2, 0.25) is 0 Å². The molecule has 0 radical (unpaired) electrons. The molecule has 1 unspecified atom stereocenters. The quantitative estimate of drug-likeness (QED) is 0.822. The molecule has 2 aliphatic heterocycles. The predicted octanol–water partition coefficient (Wildman–Crippen LogP) is 2.82. The van der Waals surface area contributed by atoms with E-state index in [2.05, 4.69) is 16.8 Å². The van der Waals surface area contributed by atoms with Crippen molar-refractivity contribution in [2.45, 2.75) is 37.8 Å². The average molecular weight is 345 g/mol. The second kappa shape index (κ2) is 8.19. The number of likely N-dealkylation sites (N-methyl/N-ethyl adjacent to an activating group) is 2. The highest BCUT2D eigenvalue weighted by atomic mass is 16.6. The molecular weight excluding hydrogens is 314 g/mol. The Bertz CT molecular complexity index is 559. The lowest BCUT2D eigenvalue weighted by Gasteiger charge is -2.48. The number of benzene rings is 1. The number of nitrogens with zero attached hydrogens (tertiary/aromatic N) is 3. The SMILES string of the molecule is CN1CCCC(CN2CCCC2)(N(C)C(=O)OCc2ccccc2)C1. The van der Waals surface area contributed by atoms with Gasteiger partial charge in [0.05, 0.1) is 5.54 Å². The van der Waals surface area contributed by atoms with Gasteiger partial charge in [0, 0.05) is 20.1 Å². The first-order valence-electron chi connectivity index (χ1n) is 9.44. The molecule has 3 rings (SSSR count). The summed E-state index contributed by atoms with van der Waals surface area (Å²) in [5, 5.41) is 0. The van der Waals surface area contributed by atoms with Crippen LogP contribution in [0.1, 0.15) is 31.2 Å². The molecule has 2 saturated heterocycles. The number of carbonyl (C=O) groups is 1. The standard InChI is InChI=1S/C20H31N3O2/c1-21-12-8-11-20(16-21,17-23-13-6-7-14-23)22(2)19(24)25-15-18-9-4-3-5-10-18/h3-5,9-10H,6-8,11-17H2,1-2H3. The maximum Gasteiger partial charge on any atom is 0.410 e. The Hall–Kier alpha value is -1.59. The summed E-state index contributed by atoms with van der Waals surface area (Å²) in [5.41, 5.74) is 0.879. The number of ether oxygens (including phenoxy) is 1. The van der Waals surface area contributed by atoms with Gasteiger partial charge in [0.1, 0.15) is 6.61 Å². The van der Waals surface area contributed by atoms with E-state index in [9.17, 15) is 4.79 Å². The molecule has 2 heterocycles. The fraction of sp³-hybridized carbons (Fsp3) is 0.650. The van der Waals surface area contributed by atoms with Crippen LogP contribution in [0, 0.1) is 0 Å². The van der Waals surface area contributed by atoms with E-state index in [1.165, 1.54) is 12.8 Å². The van der Waals surface area contributed by atoms with Gasteiger partial charge in [-0.3, -0.25) is 0 Å². The molecule has 0 spiro atoms. The summed E-state index contributed by atoms with van der Waals surface area (Å²) in [4.78, 5) is 19.5. The highest BCUT2D eigenvalue weighted by molar-refractivity contribution is 5.68. The molecule has 138 valence electrons. The Kier molecular flexibility index (Phi) is 5.97. The van der Waals surface area contributed by atoms with Crippen molar-refractivity contribution in [1.29, 1.82) is 0 Å². The lowest BCUT2D eigenvalue weighted by molar-refractivity contribution is 0.00517. The number of amides is 1. The van der Waals surface area contributed by atoms with E-state index < -0.39 is 0 Å². The summed E-state index contributed by atoms with van der Waals surface area (Å²) in [6.07, 6.45) is 4.51. The van der Waals surface area contributed by atoms with Crippen molar-refractivity contribution in [3.05, 3.63) is 35.9 Å². The van der Waals surface area contributed by atoms with Crippen LogP contribution in [-0.4, -0.2) is 73.2 Å². The number of hydrogen-bond donors (Lipinski definition) is 0. The van der Waals surface area contributed by atoms with Gasteiger partial charge in [-0.05, 0) is 57.9 Å². The first kappa shape index (κ1) is 18.2. The van der Waals surface area contributed by atoms with Crippen molar-refractivity contribution in [2.24, 2.45) is 0 Å². The third-order valence-corrected chi connectivity index (χ3v) is 5.65. The molecular formula is C20H31N3O2. The zero-order valence-corrected chi connectivity index (χ0v) is 15.6. The third-order valence-electron chi connectivity index (χ3n) is 5.65. The third kappa shape index (κ3) is 4.53. The van der Waals surface area contributed by atoms with Gasteiger partial charge in [0.15, 0.2) is 0 Å². The molecule has 0 N–H and O–H groups in total. The minimum atomic E-state index is -0.210. The molecule has 1 atom stereocenters. The number of rotatable bonds is 5. The van der Waals surface area contributed by atoms with Crippen LogP contribution >= 0.6 is 0 Å². The zero-order valence-electron chi connectivity index (χ0n) is 15.6. The Labute approximate surface area is 151 Å². The highest BCUT2D eigenvalue weighted by Gasteiger charge is 2.42. The molecule has 25 heavy (non-hydrogen) atoms. The van der Waals surface area contributed by atoms with Gasteiger partial charge < -0.3 is 19.4 Å². The van der Waals surface area contributed by atoms with Crippen LogP contribution in [0.3, 0.4) is 0 Å². The van der Waals surface area contributed by atoms with Gasteiger partial charge in [-0.2, -0.15) is 0 Å². The van der Waals surface area contributed by atoms with Gasteiger partial charge in [0.25, 0.3) is 0 Å². The fourth-order valence-corrected chi connectivity index (χ4v) is 4.21. The minimum Gasteiger partial charge on any atom is -0.445 e. The average Bonchev–Trinajstić information content (AvgIpc) is 3.12. The minimum absolute atomic E-state index is 0.148. The van der Waals surface area contributed by atoms with Crippen LogP contribution in [-0.2, 0) is 11.3 Å². The monoisotopic (exact) mass is 345 g/mol. The molecule has 2 aliphatic rings. The maximum atomic E-state index is 12.8. The topological polar surface area (TPSA) is 36.0 Å². The fourth-order valence-electron chi connectivity index (χ4n) is 4.21. The van der Waals surface area contributed by atoms with Crippen molar-refractivity contribution >= 4 is 6.09 Å². The second-order valence-electron chi connectivity index (χ2n) is 7.65. The van der Waals surface area contributed by atoms with Crippen molar-refractivity contribution in [2.75, 3.05) is 46.8 Å². The van der Waals surface area contributed by atoms with Gasteiger partial charge in [-0.1, -0.05) is 30.3 Å². The lowest BCUT2D eigenvalue weighted by Crippen LogP contribution is -2.63. The molecule has 0 aromatic heterocycles. The normalized spacial score (nSPS) is 25.0. The van der Waals surface area contributed by atoms with E-state index in [0.717, 1.165) is 51.1 Å². The van der Waals surface area contributed by atoms with E-state index in [4.69, 9.17) is 4.74 Å². The van der Waals surface area contributed by atoms with Crippen LogP contribution in [0.15, 0.2) is 30.3 Å². The zero-order chi connectivity index (χ0) is 17.7. The summed E-state index contributed by atoms with van der Waals surface area (Å²) >= 11 is 0. The van der Waals surface area contributed by atoms with Crippen molar-refractivity contribution in [3.63, 3.8) is 0 Å². The van der Waals surface area contributed by atoms with E-state index in [1.807, 2.05) is 42.3 Å². The molecule has 2 fully saturated rings. The summed E-state index contributed by atoms with van der Waals surface area (Å²) < 4.78 is 5.62. The van der Waals surface area contributed by atoms with E-state index in [-0.39, 0.29) is 11.6 Å². The number of hydrogen-bond acceptors (Lipinski definition) is 4. The largest absolute Gasteiger partial charge is 0.445 e. The van der Waals surface area contributed by atoms with Crippen molar-refractivity contribution in [3.8, 4) is 0 Å². The number of likely N-dealkylation sites (tertiary alicyclic amines) is 2. The summed E-state index contributed by atoms with van der Waals surface area (Å²) in [6.45, 7) is 5.61. The summed E-state index contributed by atoms with van der Waals surface area (Å²) in [7, 11) is 4.07. The van der Waals surface area contributed by atoms with Gasteiger partial charge >= 0.3 is 6.09 Å². The van der Waals surface area contributed by atoms with Crippen molar-refractivity contribution in [1.82, 2.24) is 14.7 Å². The van der Waals surface area contributed by atoms with Crippen LogP contribution in [0.4, 0.5) is 4.79 Å². The molecule has 0 bridgehead atoms. The van der Waals surface area contributed by atoms with Crippen LogP contribution in [0.2, 0.25) is 0 Å². The van der Waals surface area contributed by atoms with Crippen LogP contribution < -0.4 is 0 Å². The molecule has 5 nitrogen and oxygen atoms in total. The number of carbonyl (C=O) groups excluding carboxylic acids is 1. The second-order valence-corrected chi connectivity index (χ2v) is 7.65. The summed E-state index contributed by atoms with van der Waals surface area (Å²) in [6, 6.07) is 9.89. The molecule has 1 amide bonds. The van der Waals surface area contributed by atoms with E-state index in [1.54, 1.807) is 0 Å². The van der Waals surface area contributed by atoms with Crippen LogP contribution in [0.5, 0.6) is 0 Å². The highest BCUT2D eigenvalue weighted by Crippen LogP contribution is 2.29. The molecule has 5 heteroatoms. The number of piperidine rings is 1. The van der Waals surface area contributed by atoms with Crippen molar-refractivity contribution < 1.29 is 9.53 Å². The lowest BCUT2D eigenvalue weighted by atomic mass is 9.87. The van der Waals surface area contributed by atoms with E-state index in [0.29, 0.717) is 6.61 Å². The van der Waals surface area contributed by atoms with Gasteiger partial charge in [-0.15, -0.1) is 0 Å².